The highest BCUT2D eigenvalue weighted by Gasteiger charge is 2.15. The van der Waals surface area contributed by atoms with E-state index in [1.807, 2.05) is 13.8 Å². The zero-order valence-corrected chi connectivity index (χ0v) is 17.7. The molecule has 8 heteroatoms. The summed E-state index contributed by atoms with van der Waals surface area (Å²) in [5.74, 6) is 0.530. The first-order chi connectivity index (χ1) is 12.2. The average molecular weight is 429 g/mol. The molecule has 0 aliphatic heterocycles. The SMILES string of the molecule is Cc1ccc(S(=O)(=O)SC/C=C/CSS(=O)(=O)c2ccc(C)cc2)cc1. The summed E-state index contributed by atoms with van der Waals surface area (Å²) in [6.45, 7) is 3.79. The fourth-order valence-electron chi connectivity index (χ4n) is 1.94. The molecule has 26 heavy (non-hydrogen) atoms. The van der Waals surface area contributed by atoms with Crippen LogP contribution in [0.15, 0.2) is 70.5 Å². The van der Waals surface area contributed by atoms with Gasteiger partial charge in [-0.05, 0) is 59.7 Å². The van der Waals surface area contributed by atoms with Gasteiger partial charge in [0.25, 0.3) is 0 Å². The van der Waals surface area contributed by atoms with E-state index in [4.69, 9.17) is 0 Å². The van der Waals surface area contributed by atoms with E-state index in [9.17, 15) is 16.8 Å². The number of benzene rings is 2. The summed E-state index contributed by atoms with van der Waals surface area (Å²) in [7, 11) is -5.16. The topological polar surface area (TPSA) is 68.3 Å². The van der Waals surface area contributed by atoms with Gasteiger partial charge in [0.05, 0.1) is 9.79 Å². The molecule has 0 aliphatic carbocycles. The Bertz CT molecular complexity index is 877. The van der Waals surface area contributed by atoms with Gasteiger partial charge in [-0.1, -0.05) is 47.5 Å². The van der Waals surface area contributed by atoms with Gasteiger partial charge in [-0.25, -0.2) is 16.8 Å². The van der Waals surface area contributed by atoms with Crippen molar-refractivity contribution in [1.82, 2.24) is 0 Å². The van der Waals surface area contributed by atoms with Crippen LogP contribution in [-0.2, 0) is 17.7 Å². The molecule has 0 heterocycles. The van der Waals surface area contributed by atoms with Crippen molar-refractivity contribution in [2.24, 2.45) is 0 Å². The van der Waals surface area contributed by atoms with E-state index >= 15 is 0 Å². The Labute approximate surface area is 162 Å². The van der Waals surface area contributed by atoms with Crippen molar-refractivity contribution in [3.63, 3.8) is 0 Å². The first kappa shape index (κ1) is 21.1. The molecule has 0 aromatic heterocycles. The highest BCUT2D eigenvalue weighted by molar-refractivity contribution is 8.72. The van der Waals surface area contributed by atoms with Gasteiger partial charge in [-0.3, -0.25) is 0 Å². The third kappa shape index (κ3) is 6.19. The molecule has 0 saturated heterocycles. The predicted octanol–water partition coefficient (Wildman–Crippen LogP) is 4.40. The molecule has 0 atom stereocenters. The maximum atomic E-state index is 12.2. The second-order valence-electron chi connectivity index (χ2n) is 5.57. The van der Waals surface area contributed by atoms with Gasteiger partial charge in [-0.15, -0.1) is 0 Å². The largest absolute Gasteiger partial charge is 0.230 e. The van der Waals surface area contributed by atoms with Gasteiger partial charge in [-0.2, -0.15) is 0 Å². The number of hydrogen-bond donors (Lipinski definition) is 0. The third-order valence-corrected chi connectivity index (χ3v) is 10.2. The van der Waals surface area contributed by atoms with E-state index in [0.29, 0.717) is 0 Å². The summed E-state index contributed by atoms with van der Waals surface area (Å²) >= 11 is 0. The molecule has 0 fully saturated rings. The van der Waals surface area contributed by atoms with Gasteiger partial charge in [0.1, 0.15) is 0 Å². The lowest BCUT2D eigenvalue weighted by atomic mass is 10.2. The average Bonchev–Trinajstić information content (AvgIpc) is 2.58. The summed E-state index contributed by atoms with van der Waals surface area (Å²) in [6, 6.07) is 13.4. The zero-order valence-electron chi connectivity index (χ0n) is 14.5. The molecule has 0 spiro atoms. The van der Waals surface area contributed by atoms with Crippen LogP contribution in [0.4, 0.5) is 0 Å². The Balaban J connectivity index is 1.84. The highest BCUT2D eigenvalue weighted by Crippen LogP contribution is 2.25. The van der Waals surface area contributed by atoms with Crippen molar-refractivity contribution in [2.45, 2.75) is 23.6 Å². The van der Waals surface area contributed by atoms with E-state index in [2.05, 4.69) is 0 Å². The maximum Gasteiger partial charge on any atom is 0.230 e. The van der Waals surface area contributed by atoms with Crippen LogP contribution in [0.5, 0.6) is 0 Å². The molecule has 140 valence electrons. The van der Waals surface area contributed by atoms with Crippen molar-refractivity contribution in [3.05, 3.63) is 71.8 Å². The molecule has 2 aromatic carbocycles. The van der Waals surface area contributed by atoms with Gasteiger partial charge in [0.15, 0.2) is 0 Å². The van der Waals surface area contributed by atoms with E-state index in [0.717, 1.165) is 32.7 Å². The van der Waals surface area contributed by atoms with Crippen LogP contribution >= 0.6 is 21.6 Å². The van der Waals surface area contributed by atoms with Crippen LogP contribution in [0.2, 0.25) is 0 Å². The minimum atomic E-state index is -3.40. The fraction of sp³-hybridized carbons (Fsp3) is 0.222. The second kappa shape index (κ2) is 9.12. The number of hydrogen-bond acceptors (Lipinski definition) is 6. The molecule has 2 rings (SSSR count). The predicted molar refractivity (Wildman–Crippen MR) is 111 cm³/mol. The monoisotopic (exact) mass is 428 g/mol. The molecular formula is C18H20O4S4. The lowest BCUT2D eigenvalue weighted by molar-refractivity contribution is 0.609. The lowest BCUT2D eigenvalue weighted by Crippen LogP contribution is -1.97. The summed E-state index contributed by atoms with van der Waals surface area (Å²) in [4.78, 5) is 0.552. The van der Waals surface area contributed by atoms with Crippen LogP contribution in [0.1, 0.15) is 11.1 Å². The van der Waals surface area contributed by atoms with Crippen molar-refractivity contribution in [3.8, 4) is 0 Å². The first-order valence-corrected chi connectivity index (χ1v) is 13.7. The standard InChI is InChI=1S/C18H20O4S4/c1-15-5-9-17(10-6-15)25(19,20)23-13-3-4-14-24-26(21,22)18-11-7-16(2)8-12-18/h3-12H,13-14H2,1-2H3/b4-3+. The van der Waals surface area contributed by atoms with E-state index < -0.39 is 17.7 Å². The second-order valence-corrected chi connectivity index (χ2v) is 13.5. The molecule has 0 N–H and O–H groups in total. The van der Waals surface area contributed by atoms with E-state index in [-0.39, 0.29) is 21.3 Å². The summed E-state index contributed by atoms with van der Waals surface area (Å²) in [6.07, 6.45) is 3.35. The van der Waals surface area contributed by atoms with Gasteiger partial charge in [0.2, 0.25) is 17.7 Å². The molecule has 0 radical (unpaired) electrons. The minimum absolute atomic E-state index is 0.265. The van der Waals surface area contributed by atoms with Crippen LogP contribution in [0.25, 0.3) is 0 Å². The zero-order chi connectivity index (χ0) is 19.2. The lowest BCUT2D eigenvalue weighted by Gasteiger charge is -2.03. The Morgan fingerprint density at radius 1 is 0.654 bits per heavy atom. The summed E-state index contributed by atoms with van der Waals surface area (Å²) in [5.41, 5.74) is 2.00. The number of rotatable bonds is 8. The molecule has 0 bridgehead atoms. The fourth-order valence-corrected chi connectivity index (χ4v) is 6.97. The normalized spacial score (nSPS) is 12.5. The Morgan fingerprint density at radius 2 is 0.962 bits per heavy atom. The van der Waals surface area contributed by atoms with E-state index in [1.54, 1.807) is 60.7 Å². The molecule has 4 nitrogen and oxygen atoms in total. The van der Waals surface area contributed by atoms with Crippen molar-refractivity contribution in [1.29, 1.82) is 0 Å². The summed E-state index contributed by atoms with van der Waals surface area (Å²) in [5, 5.41) is 0. The molecule has 0 unspecified atom stereocenters. The minimum Gasteiger partial charge on any atom is -0.212 e. The van der Waals surface area contributed by atoms with Gasteiger partial charge < -0.3 is 0 Å². The Hall–Kier alpha value is -1.22. The molecule has 0 saturated carbocycles. The van der Waals surface area contributed by atoms with Crippen LogP contribution in [0.3, 0.4) is 0 Å². The van der Waals surface area contributed by atoms with Crippen LogP contribution < -0.4 is 0 Å². The first-order valence-electron chi connectivity index (χ1n) is 7.78. The van der Waals surface area contributed by atoms with E-state index in [1.165, 1.54) is 0 Å². The smallest absolute Gasteiger partial charge is 0.212 e. The van der Waals surface area contributed by atoms with Gasteiger partial charge in [0, 0.05) is 11.5 Å². The summed E-state index contributed by atoms with van der Waals surface area (Å²) < 4.78 is 48.7. The molecular weight excluding hydrogens is 408 g/mol. The van der Waals surface area contributed by atoms with Crippen molar-refractivity contribution >= 4 is 39.3 Å². The van der Waals surface area contributed by atoms with Crippen LogP contribution in [-0.4, -0.2) is 28.3 Å². The van der Waals surface area contributed by atoms with Crippen molar-refractivity contribution < 1.29 is 16.8 Å². The number of aryl methyl sites for hydroxylation is 2. The Kier molecular flexibility index (Phi) is 7.40. The maximum absolute atomic E-state index is 12.2. The molecule has 0 amide bonds. The van der Waals surface area contributed by atoms with Gasteiger partial charge >= 0.3 is 0 Å². The third-order valence-electron chi connectivity index (χ3n) is 3.42. The van der Waals surface area contributed by atoms with Crippen molar-refractivity contribution in [2.75, 3.05) is 11.5 Å². The quantitative estimate of drug-likeness (QED) is 0.458. The highest BCUT2D eigenvalue weighted by atomic mass is 33.1. The molecule has 2 aromatic rings. The Morgan fingerprint density at radius 3 is 1.27 bits per heavy atom. The molecule has 0 aliphatic rings. The van der Waals surface area contributed by atoms with Crippen LogP contribution in [0, 0.1) is 13.8 Å².